The molecule has 110 valence electrons. The normalized spacial score (nSPS) is 10.2. The van der Waals surface area contributed by atoms with Crippen LogP contribution in [0.3, 0.4) is 0 Å². The van der Waals surface area contributed by atoms with Crippen molar-refractivity contribution in [2.24, 2.45) is 0 Å². The van der Waals surface area contributed by atoms with Gasteiger partial charge in [0.05, 0.1) is 16.4 Å². The van der Waals surface area contributed by atoms with Crippen molar-refractivity contribution >= 4 is 28.9 Å². The summed E-state index contributed by atoms with van der Waals surface area (Å²) in [5.74, 6) is 0.337. The van der Waals surface area contributed by atoms with E-state index in [0.29, 0.717) is 22.1 Å². The minimum absolute atomic E-state index is 0.101. The SMILES string of the molecule is CCc1ccc(OCC(=O)Nc2c(N)cccc2Cl)cc1. The van der Waals surface area contributed by atoms with E-state index in [-0.39, 0.29) is 12.5 Å². The van der Waals surface area contributed by atoms with Crippen molar-refractivity contribution in [2.45, 2.75) is 13.3 Å². The van der Waals surface area contributed by atoms with E-state index in [2.05, 4.69) is 12.2 Å². The van der Waals surface area contributed by atoms with Crippen LogP contribution < -0.4 is 15.8 Å². The lowest BCUT2D eigenvalue weighted by molar-refractivity contribution is -0.118. The molecule has 0 saturated carbocycles. The predicted octanol–water partition coefficient (Wildman–Crippen LogP) is 3.50. The van der Waals surface area contributed by atoms with Gasteiger partial charge in [-0.15, -0.1) is 0 Å². The van der Waals surface area contributed by atoms with Gasteiger partial charge >= 0.3 is 0 Å². The zero-order valence-electron chi connectivity index (χ0n) is 11.7. The molecule has 0 fully saturated rings. The number of hydrogen-bond donors (Lipinski definition) is 2. The highest BCUT2D eigenvalue weighted by Gasteiger charge is 2.09. The summed E-state index contributed by atoms with van der Waals surface area (Å²) >= 11 is 5.99. The van der Waals surface area contributed by atoms with Crippen molar-refractivity contribution in [3.63, 3.8) is 0 Å². The molecule has 0 radical (unpaired) electrons. The van der Waals surface area contributed by atoms with Gasteiger partial charge in [0, 0.05) is 0 Å². The number of hydrogen-bond acceptors (Lipinski definition) is 3. The van der Waals surface area contributed by atoms with E-state index in [1.807, 2.05) is 24.3 Å². The van der Waals surface area contributed by atoms with Gasteiger partial charge in [0.25, 0.3) is 5.91 Å². The Balaban J connectivity index is 1.92. The van der Waals surface area contributed by atoms with Crippen molar-refractivity contribution in [2.75, 3.05) is 17.7 Å². The average molecular weight is 305 g/mol. The summed E-state index contributed by atoms with van der Waals surface area (Å²) in [6, 6.07) is 12.7. The number of benzene rings is 2. The Kier molecular flexibility index (Phi) is 5.06. The third-order valence-corrected chi connectivity index (χ3v) is 3.33. The minimum atomic E-state index is -0.311. The zero-order valence-corrected chi connectivity index (χ0v) is 12.5. The maximum absolute atomic E-state index is 11.9. The summed E-state index contributed by atoms with van der Waals surface area (Å²) in [7, 11) is 0. The van der Waals surface area contributed by atoms with Crippen LogP contribution in [0, 0.1) is 0 Å². The summed E-state index contributed by atoms with van der Waals surface area (Å²) in [4.78, 5) is 11.9. The number of nitrogen functional groups attached to an aromatic ring is 1. The monoisotopic (exact) mass is 304 g/mol. The lowest BCUT2D eigenvalue weighted by Crippen LogP contribution is -2.21. The quantitative estimate of drug-likeness (QED) is 0.831. The smallest absolute Gasteiger partial charge is 0.262 e. The second kappa shape index (κ2) is 6.99. The molecule has 0 aliphatic rings. The molecule has 5 heteroatoms. The lowest BCUT2D eigenvalue weighted by Gasteiger charge is -2.11. The molecule has 2 aromatic carbocycles. The first-order valence-corrected chi connectivity index (χ1v) is 7.03. The summed E-state index contributed by atoms with van der Waals surface area (Å²) in [6.45, 7) is 1.98. The minimum Gasteiger partial charge on any atom is -0.484 e. The van der Waals surface area contributed by atoms with E-state index >= 15 is 0 Å². The van der Waals surface area contributed by atoms with Crippen LogP contribution in [-0.4, -0.2) is 12.5 Å². The van der Waals surface area contributed by atoms with Crippen molar-refractivity contribution in [1.82, 2.24) is 0 Å². The second-order valence-corrected chi connectivity index (χ2v) is 4.95. The number of aryl methyl sites for hydroxylation is 1. The van der Waals surface area contributed by atoms with E-state index in [9.17, 15) is 4.79 Å². The summed E-state index contributed by atoms with van der Waals surface area (Å²) in [5, 5.41) is 3.05. The molecule has 21 heavy (non-hydrogen) atoms. The van der Waals surface area contributed by atoms with Crippen molar-refractivity contribution in [1.29, 1.82) is 0 Å². The van der Waals surface area contributed by atoms with Gasteiger partial charge in [-0.3, -0.25) is 4.79 Å². The third kappa shape index (κ3) is 4.13. The largest absolute Gasteiger partial charge is 0.484 e. The van der Waals surface area contributed by atoms with Gasteiger partial charge in [0.15, 0.2) is 6.61 Å². The van der Waals surface area contributed by atoms with Gasteiger partial charge in [-0.2, -0.15) is 0 Å². The summed E-state index contributed by atoms with van der Waals surface area (Å²) < 4.78 is 5.42. The topological polar surface area (TPSA) is 64.3 Å². The summed E-state index contributed by atoms with van der Waals surface area (Å²) in [6.07, 6.45) is 0.965. The fourth-order valence-electron chi connectivity index (χ4n) is 1.82. The number of halogens is 1. The molecule has 2 rings (SSSR count). The number of rotatable bonds is 5. The molecule has 4 nitrogen and oxygen atoms in total. The fraction of sp³-hybridized carbons (Fsp3) is 0.188. The third-order valence-electron chi connectivity index (χ3n) is 3.01. The van der Waals surface area contributed by atoms with Crippen LogP contribution in [0.1, 0.15) is 12.5 Å². The van der Waals surface area contributed by atoms with Crippen LogP contribution >= 0.6 is 11.6 Å². The Morgan fingerprint density at radius 3 is 2.57 bits per heavy atom. The van der Waals surface area contributed by atoms with Crippen molar-refractivity contribution in [3.05, 3.63) is 53.1 Å². The number of carbonyl (C=O) groups is 1. The van der Waals surface area contributed by atoms with Crippen LogP contribution in [0.25, 0.3) is 0 Å². The van der Waals surface area contributed by atoms with Gasteiger partial charge in [-0.05, 0) is 36.2 Å². The van der Waals surface area contributed by atoms with Gasteiger partial charge in [-0.25, -0.2) is 0 Å². The first kappa shape index (κ1) is 15.2. The molecule has 0 aliphatic carbocycles. The number of amides is 1. The Hall–Kier alpha value is -2.20. The number of nitrogens with one attached hydrogen (secondary N) is 1. The molecular weight excluding hydrogens is 288 g/mol. The van der Waals surface area contributed by atoms with Crippen LogP contribution in [-0.2, 0) is 11.2 Å². The maximum Gasteiger partial charge on any atom is 0.262 e. The van der Waals surface area contributed by atoms with Gasteiger partial charge in [-0.1, -0.05) is 36.7 Å². The highest BCUT2D eigenvalue weighted by Crippen LogP contribution is 2.27. The standard InChI is InChI=1S/C16H17ClN2O2/c1-2-11-6-8-12(9-7-11)21-10-15(20)19-16-13(17)4-3-5-14(16)18/h3-9H,2,10,18H2,1H3,(H,19,20). The lowest BCUT2D eigenvalue weighted by atomic mass is 10.2. The number of nitrogens with two attached hydrogens (primary N) is 1. The van der Waals surface area contributed by atoms with E-state index in [1.165, 1.54) is 5.56 Å². The zero-order chi connectivity index (χ0) is 15.2. The molecule has 0 unspecified atom stereocenters. The molecule has 1 amide bonds. The number of carbonyl (C=O) groups excluding carboxylic acids is 1. The molecule has 0 bridgehead atoms. The van der Waals surface area contributed by atoms with Crippen LogP contribution in [0.2, 0.25) is 5.02 Å². The Bertz CT molecular complexity index is 606. The van der Waals surface area contributed by atoms with E-state index in [4.69, 9.17) is 22.1 Å². The molecule has 0 heterocycles. The van der Waals surface area contributed by atoms with Crippen LogP contribution in [0.5, 0.6) is 5.75 Å². The molecule has 0 atom stereocenters. The molecule has 2 aromatic rings. The second-order valence-electron chi connectivity index (χ2n) is 4.54. The van der Waals surface area contributed by atoms with Crippen LogP contribution in [0.4, 0.5) is 11.4 Å². The maximum atomic E-state index is 11.9. The molecule has 0 aromatic heterocycles. The predicted molar refractivity (Wildman–Crippen MR) is 85.8 cm³/mol. The molecular formula is C16H17ClN2O2. The highest BCUT2D eigenvalue weighted by molar-refractivity contribution is 6.34. The van der Waals surface area contributed by atoms with Crippen molar-refractivity contribution < 1.29 is 9.53 Å². The number of anilines is 2. The molecule has 0 spiro atoms. The van der Waals surface area contributed by atoms with Gasteiger partial charge in [0.1, 0.15) is 5.75 Å². The first-order valence-electron chi connectivity index (χ1n) is 6.65. The highest BCUT2D eigenvalue weighted by atomic mass is 35.5. The molecule has 3 N–H and O–H groups in total. The van der Waals surface area contributed by atoms with E-state index in [0.717, 1.165) is 6.42 Å². The number of ether oxygens (including phenoxy) is 1. The number of para-hydroxylation sites is 1. The Morgan fingerprint density at radius 1 is 1.24 bits per heavy atom. The van der Waals surface area contributed by atoms with Gasteiger partial charge in [0.2, 0.25) is 0 Å². The molecule has 0 saturated heterocycles. The molecule has 0 aliphatic heterocycles. The summed E-state index contributed by atoms with van der Waals surface area (Å²) in [5.41, 5.74) is 7.82. The average Bonchev–Trinajstić information content (AvgIpc) is 2.49. The van der Waals surface area contributed by atoms with E-state index in [1.54, 1.807) is 18.2 Å². The van der Waals surface area contributed by atoms with E-state index < -0.39 is 0 Å². The Morgan fingerprint density at radius 2 is 1.95 bits per heavy atom. The first-order chi connectivity index (χ1) is 10.1. The van der Waals surface area contributed by atoms with Crippen molar-refractivity contribution in [3.8, 4) is 5.75 Å². The fourth-order valence-corrected chi connectivity index (χ4v) is 2.05. The van der Waals surface area contributed by atoms with Gasteiger partial charge < -0.3 is 15.8 Å². The van der Waals surface area contributed by atoms with Crippen LogP contribution in [0.15, 0.2) is 42.5 Å². The Labute approximate surface area is 128 Å².